The minimum absolute atomic E-state index is 0.00640. The van der Waals surface area contributed by atoms with Crippen molar-refractivity contribution >= 4 is 0 Å². The molecular formula is C16H24O. The van der Waals surface area contributed by atoms with Gasteiger partial charge in [-0.2, -0.15) is 0 Å². The van der Waals surface area contributed by atoms with Gasteiger partial charge in [-0.05, 0) is 62.6 Å². The molecule has 0 radical (unpaired) electrons. The van der Waals surface area contributed by atoms with Crippen molar-refractivity contribution in [2.75, 3.05) is 0 Å². The second kappa shape index (κ2) is 4.72. The van der Waals surface area contributed by atoms with Gasteiger partial charge in [0.1, 0.15) is 11.4 Å². The third-order valence-electron chi connectivity index (χ3n) is 3.52. The Balaban J connectivity index is 2.10. The van der Waals surface area contributed by atoms with Crippen molar-refractivity contribution in [3.8, 4) is 5.75 Å². The highest BCUT2D eigenvalue weighted by Crippen LogP contribution is 2.33. The molecular weight excluding hydrogens is 208 g/mol. The standard InChI is InChI=1S/C16H24O/c1-12(2)5-6-13-7-8-15-14(11-13)9-10-16(3,4)17-15/h7-8,11-12H,5-6,9-10H2,1-4H3. The average Bonchev–Trinajstić information content (AvgIpc) is 2.25. The topological polar surface area (TPSA) is 9.23 Å². The van der Waals surface area contributed by atoms with Gasteiger partial charge in [0.15, 0.2) is 0 Å². The van der Waals surface area contributed by atoms with Gasteiger partial charge in [0.05, 0.1) is 0 Å². The zero-order valence-corrected chi connectivity index (χ0v) is 11.5. The fourth-order valence-corrected chi connectivity index (χ4v) is 2.32. The summed E-state index contributed by atoms with van der Waals surface area (Å²) in [5, 5.41) is 0. The van der Waals surface area contributed by atoms with Gasteiger partial charge >= 0.3 is 0 Å². The van der Waals surface area contributed by atoms with Gasteiger partial charge in [-0.1, -0.05) is 26.0 Å². The summed E-state index contributed by atoms with van der Waals surface area (Å²) in [5.41, 5.74) is 2.86. The van der Waals surface area contributed by atoms with Crippen molar-refractivity contribution in [3.63, 3.8) is 0 Å². The zero-order chi connectivity index (χ0) is 12.5. The number of hydrogen-bond donors (Lipinski definition) is 0. The fourth-order valence-electron chi connectivity index (χ4n) is 2.32. The first-order chi connectivity index (χ1) is 7.96. The summed E-state index contributed by atoms with van der Waals surface area (Å²) in [6.45, 7) is 8.90. The Bertz CT molecular complexity index is 391. The summed E-state index contributed by atoms with van der Waals surface area (Å²) in [6.07, 6.45) is 4.73. The maximum absolute atomic E-state index is 6.00. The second-order valence-electron chi connectivity index (χ2n) is 6.24. The molecule has 1 heterocycles. The molecule has 17 heavy (non-hydrogen) atoms. The molecule has 0 unspecified atom stereocenters. The normalized spacial score (nSPS) is 17.7. The van der Waals surface area contributed by atoms with E-state index in [4.69, 9.17) is 4.74 Å². The second-order valence-corrected chi connectivity index (χ2v) is 6.24. The van der Waals surface area contributed by atoms with E-state index in [2.05, 4.69) is 45.9 Å². The van der Waals surface area contributed by atoms with Crippen LogP contribution in [-0.4, -0.2) is 5.60 Å². The first-order valence-corrected chi connectivity index (χ1v) is 6.77. The first-order valence-electron chi connectivity index (χ1n) is 6.77. The monoisotopic (exact) mass is 232 g/mol. The number of rotatable bonds is 3. The van der Waals surface area contributed by atoms with Crippen molar-refractivity contribution in [3.05, 3.63) is 29.3 Å². The van der Waals surface area contributed by atoms with Crippen LogP contribution in [0.3, 0.4) is 0 Å². The van der Waals surface area contributed by atoms with Crippen LogP contribution in [-0.2, 0) is 12.8 Å². The summed E-state index contributed by atoms with van der Waals surface area (Å²) < 4.78 is 6.00. The largest absolute Gasteiger partial charge is 0.488 e. The number of benzene rings is 1. The predicted octanol–water partition coefficient (Wildman–Crippen LogP) is 4.38. The fraction of sp³-hybridized carbons (Fsp3) is 0.625. The van der Waals surface area contributed by atoms with E-state index in [-0.39, 0.29) is 5.60 Å². The Hall–Kier alpha value is -0.980. The number of aryl methyl sites for hydroxylation is 2. The van der Waals surface area contributed by atoms with Gasteiger partial charge < -0.3 is 4.74 Å². The van der Waals surface area contributed by atoms with E-state index in [0.29, 0.717) is 0 Å². The summed E-state index contributed by atoms with van der Waals surface area (Å²) in [7, 11) is 0. The summed E-state index contributed by atoms with van der Waals surface area (Å²) in [5.74, 6) is 1.87. The Morgan fingerprint density at radius 1 is 1.29 bits per heavy atom. The molecule has 0 saturated carbocycles. The van der Waals surface area contributed by atoms with E-state index in [0.717, 1.165) is 24.5 Å². The highest BCUT2D eigenvalue weighted by atomic mass is 16.5. The van der Waals surface area contributed by atoms with E-state index >= 15 is 0 Å². The van der Waals surface area contributed by atoms with Crippen molar-refractivity contribution in [2.45, 2.75) is 59.0 Å². The third-order valence-corrected chi connectivity index (χ3v) is 3.52. The minimum atomic E-state index is 0.00640. The highest BCUT2D eigenvalue weighted by molar-refractivity contribution is 5.39. The van der Waals surface area contributed by atoms with Crippen molar-refractivity contribution in [2.24, 2.45) is 5.92 Å². The third kappa shape index (κ3) is 3.24. The van der Waals surface area contributed by atoms with Gasteiger partial charge in [-0.3, -0.25) is 0 Å². The minimum Gasteiger partial charge on any atom is -0.488 e. The van der Waals surface area contributed by atoms with Gasteiger partial charge in [0.25, 0.3) is 0 Å². The molecule has 1 aromatic carbocycles. The van der Waals surface area contributed by atoms with Crippen LogP contribution in [0.5, 0.6) is 5.75 Å². The molecule has 0 aliphatic carbocycles. The Kier molecular flexibility index (Phi) is 3.46. The lowest BCUT2D eigenvalue weighted by Gasteiger charge is -2.32. The molecule has 0 N–H and O–H groups in total. The molecule has 1 heteroatoms. The lowest BCUT2D eigenvalue weighted by molar-refractivity contribution is 0.0846. The van der Waals surface area contributed by atoms with E-state index in [1.54, 1.807) is 0 Å². The van der Waals surface area contributed by atoms with Crippen LogP contribution < -0.4 is 4.74 Å². The lowest BCUT2D eigenvalue weighted by atomic mass is 9.92. The number of fused-ring (bicyclic) bond motifs is 1. The van der Waals surface area contributed by atoms with Gasteiger partial charge in [-0.25, -0.2) is 0 Å². The quantitative estimate of drug-likeness (QED) is 0.751. The smallest absolute Gasteiger partial charge is 0.123 e. The molecule has 0 atom stereocenters. The van der Waals surface area contributed by atoms with Gasteiger partial charge in [0.2, 0.25) is 0 Å². The summed E-state index contributed by atoms with van der Waals surface area (Å²) in [4.78, 5) is 0. The average molecular weight is 232 g/mol. The van der Waals surface area contributed by atoms with Crippen LogP contribution in [0.25, 0.3) is 0 Å². The summed E-state index contributed by atoms with van der Waals surface area (Å²) in [6, 6.07) is 6.72. The number of ether oxygens (including phenoxy) is 1. The Labute approximate surface area is 105 Å². The molecule has 0 saturated heterocycles. The SMILES string of the molecule is CC(C)CCc1ccc2c(c1)CCC(C)(C)O2. The molecule has 94 valence electrons. The van der Waals surface area contributed by atoms with Crippen LogP contribution >= 0.6 is 0 Å². The van der Waals surface area contributed by atoms with Crippen LogP contribution in [0.4, 0.5) is 0 Å². The molecule has 0 aromatic heterocycles. The lowest BCUT2D eigenvalue weighted by Crippen LogP contribution is -2.32. The maximum atomic E-state index is 6.00. The van der Waals surface area contributed by atoms with Crippen LogP contribution in [0.2, 0.25) is 0 Å². The van der Waals surface area contributed by atoms with E-state index in [1.807, 2.05) is 0 Å². The molecule has 1 aromatic rings. The van der Waals surface area contributed by atoms with Crippen LogP contribution in [0, 0.1) is 5.92 Å². The molecule has 1 aliphatic rings. The van der Waals surface area contributed by atoms with Gasteiger partial charge in [-0.15, -0.1) is 0 Å². The molecule has 1 aliphatic heterocycles. The van der Waals surface area contributed by atoms with Gasteiger partial charge in [0, 0.05) is 0 Å². The predicted molar refractivity (Wildman–Crippen MR) is 72.6 cm³/mol. The van der Waals surface area contributed by atoms with Crippen molar-refractivity contribution in [1.82, 2.24) is 0 Å². The van der Waals surface area contributed by atoms with Crippen molar-refractivity contribution < 1.29 is 4.74 Å². The van der Waals surface area contributed by atoms with E-state index < -0.39 is 0 Å². The molecule has 2 rings (SSSR count). The molecule has 1 nitrogen and oxygen atoms in total. The number of hydrogen-bond acceptors (Lipinski definition) is 1. The highest BCUT2D eigenvalue weighted by Gasteiger charge is 2.26. The molecule has 0 amide bonds. The van der Waals surface area contributed by atoms with Crippen molar-refractivity contribution in [1.29, 1.82) is 0 Å². The molecule has 0 fully saturated rings. The van der Waals surface area contributed by atoms with E-state index in [1.165, 1.54) is 24.0 Å². The Morgan fingerprint density at radius 2 is 2.06 bits per heavy atom. The maximum Gasteiger partial charge on any atom is 0.123 e. The van der Waals surface area contributed by atoms with Crippen LogP contribution in [0.1, 0.15) is 51.7 Å². The van der Waals surface area contributed by atoms with Crippen LogP contribution in [0.15, 0.2) is 18.2 Å². The van der Waals surface area contributed by atoms with E-state index in [9.17, 15) is 0 Å². The molecule has 0 spiro atoms. The Morgan fingerprint density at radius 3 is 2.76 bits per heavy atom. The molecule has 0 bridgehead atoms. The summed E-state index contributed by atoms with van der Waals surface area (Å²) >= 11 is 0. The zero-order valence-electron chi connectivity index (χ0n) is 11.5. The first kappa shape index (κ1) is 12.5.